The Labute approximate surface area is 270 Å². The maximum atomic E-state index is 12.4. The number of aliphatic hydroxyl groups excluding tert-OH is 2. The fourth-order valence-corrected chi connectivity index (χ4v) is 13.9. The van der Waals surface area contributed by atoms with Gasteiger partial charge in [-0.3, -0.25) is 4.90 Å². The molecule has 5 saturated carbocycles. The first-order valence-electron chi connectivity index (χ1n) is 18.4. The van der Waals surface area contributed by atoms with Crippen LogP contribution in [0.5, 0.6) is 0 Å². The first-order chi connectivity index (χ1) is 21.1. The van der Waals surface area contributed by atoms with E-state index in [1.54, 1.807) is 13.8 Å². The summed E-state index contributed by atoms with van der Waals surface area (Å²) >= 11 is 0. The summed E-state index contributed by atoms with van der Waals surface area (Å²) in [6, 6.07) is 0.517. The largest absolute Gasteiger partial charge is 0.390 e. The smallest absolute Gasteiger partial charge is 0.170 e. The number of fused-ring (bicyclic) bond motifs is 4. The van der Waals surface area contributed by atoms with Crippen LogP contribution in [0.2, 0.25) is 0 Å². The second-order valence-corrected chi connectivity index (χ2v) is 18.8. The van der Waals surface area contributed by atoms with Crippen molar-refractivity contribution in [1.82, 2.24) is 4.90 Å². The van der Waals surface area contributed by atoms with E-state index in [4.69, 9.17) is 18.9 Å². The third kappa shape index (κ3) is 4.12. The number of hydrogen-bond acceptors (Lipinski definition) is 8. The molecule has 8 rings (SSSR count). The van der Waals surface area contributed by atoms with E-state index in [1.807, 2.05) is 0 Å². The molecule has 3 heterocycles. The van der Waals surface area contributed by atoms with Gasteiger partial charge in [-0.1, -0.05) is 34.6 Å². The van der Waals surface area contributed by atoms with Crippen molar-refractivity contribution >= 4 is 0 Å². The lowest BCUT2D eigenvalue weighted by atomic mass is 9.41. The van der Waals surface area contributed by atoms with Crippen LogP contribution in [0.4, 0.5) is 0 Å². The second kappa shape index (κ2) is 10.1. The third-order valence-corrected chi connectivity index (χ3v) is 16.4. The summed E-state index contributed by atoms with van der Waals surface area (Å²) in [6.07, 6.45) is 6.81. The molecule has 0 aromatic rings. The molecule has 256 valence electrons. The van der Waals surface area contributed by atoms with Gasteiger partial charge in [0.25, 0.3) is 0 Å². The molecule has 0 amide bonds. The van der Waals surface area contributed by atoms with Gasteiger partial charge in [0.1, 0.15) is 6.10 Å². The molecule has 0 radical (unpaired) electrons. The zero-order chi connectivity index (χ0) is 31.9. The summed E-state index contributed by atoms with van der Waals surface area (Å²) in [6.45, 7) is 19.7. The fourth-order valence-electron chi connectivity index (χ4n) is 13.9. The van der Waals surface area contributed by atoms with E-state index in [2.05, 4.69) is 39.5 Å². The summed E-state index contributed by atoms with van der Waals surface area (Å²) in [5.74, 6) is 1.67. The number of aliphatic hydroxyl groups is 3. The van der Waals surface area contributed by atoms with Crippen LogP contribution in [-0.4, -0.2) is 102 Å². The number of ether oxygens (including phenoxy) is 4. The van der Waals surface area contributed by atoms with Crippen molar-refractivity contribution in [3.8, 4) is 0 Å². The van der Waals surface area contributed by atoms with Crippen LogP contribution in [0.15, 0.2) is 0 Å². The van der Waals surface area contributed by atoms with E-state index in [0.29, 0.717) is 34.6 Å². The molecule has 5 aliphatic carbocycles. The summed E-state index contributed by atoms with van der Waals surface area (Å²) in [5.41, 5.74) is -0.794. The Balaban J connectivity index is 1.03. The van der Waals surface area contributed by atoms with Crippen LogP contribution in [-0.2, 0) is 18.9 Å². The molecule has 2 spiro atoms. The zero-order valence-electron chi connectivity index (χ0n) is 29.0. The Morgan fingerprint density at radius 2 is 1.69 bits per heavy atom. The molecular formula is C37H61NO7. The lowest BCUT2D eigenvalue weighted by Crippen LogP contribution is -2.60. The van der Waals surface area contributed by atoms with Crippen molar-refractivity contribution in [2.24, 2.45) is 50.7 Å². The Kier molecular flexibility index (Phi) is 7.18. The van der Waals surface area contributed by atoms with E-state index in [1.165, 1.54) is 25.7 Å². The van der Waals surface area contributed by atoms with Gasteiger partial charge in [-0.15, -0.1) is 0 Å². The maximum absolute atomic E-state index is 12.4. The Morgan fingerprint density at radius 3 is 2.38 bits per heavy atom. The van der Waals surface area contributed by atoms with Crippen molar-refractivity contribution in [1.29, 1.82) is 0 Å². The molecule has 8 nitrogen and oxygen atoms in total. The molecule has 1 unspecified atom stereocenters. The first kappa shape index (κ1) is 31.9. The molecule has 3 saturated heterocycles. The third-order valence-electron chi connectivity index (χ3n) is 16.4. The van der Waals surface area contributed by atoms with Crippen molar-refractivity contribution in [3.05, 3.63) is 0 Å². The van der Waals surface area contributed by atoms with Gasteiger partial charge >= 0.3 is 0 Å². The highest BCUT2D eigenvalue weighted by Gasteiger charge is 2.84. The Morgan fingerprint density at radius 1 is 0.978 bits per heavy atom. The predicted molar refractivity (Wildman–Crippen MR) is 169 cm³/mol. The Hall–Kier alpha value is -0.320. The summed E-state index contributed by atoms with van der Waals surface area (Å²) in [7, 11) is 0. The van der Waals surface area contributed by atoms with Crippen molar-refractivity contribution in [2.45, 2.75) is 148 Å². The highest BCUT2D eigenvalue weighted by molar-refractivity contribution is 5.33. The van der Waals surface area contributed by atoms with E-state index in [0.717, 1.165) is 58.6 Å². The van der Waals surface area contributed by atoms with Gasteiger partial charge in [0.15, 0.2) is 6.29 Å². The van der Waals surface area contributed by atoms with Crippen LogP contribution < -0.4 is 0 Å². The molecule has 0 aromatic heterocycles. The van der Waals surface area contributed by atoms with Crippen LogP contribution in [0.3, 0.4) is 0 Å². The number of nitrogens with zero attached hydrogens (tertiary/aromatic N) is 1. The summed E-state index contributed by atoms with van der Waals surface area (Å²) < 4.78 is 25.2. The van der Waals surface area contributed by atoms with E-state index >= 15 is 0 Å². The monoisotopic (exact) mass is 631 g/mol. The quantitative estimate of drug-likeness (QED) is 0.412. The minimum Gasteiger partial charge on any atom is -0.390 e. The van der Waals surface area contributed by atoms with Gasteiger partial charge in [0.2, 0.25) is 0 Å². The van der Waals surface area contributed by atoms with Crippen molar-refractivity contribution in [3.63, 3.8) is 0 Å². The number of morpholine rings is 1. The SMILES string of the molecule is C[C@@H]1C[C@H]([C@H](O)C(C)(C)O)O[C@H]2C1[C@@]1(C)CC[C@@]34C[C@@]35CC[C@H](O[C@H]3CN(C6COC6)CCO3)C(C)(C)[C@@H]5CC[C@H]4[C@]1(C)[C@H]2O. The normalized spacial score (nSPS) is 54.9. The molecule has 14 atom stereocenters. The standard InChI is InChI=1S/C37H61NO7/c1-21-16-23(30(39)33(4,5)41)44-29-28(21)34(6)12-13-37-20-36(37)11-10-26(45-27-17-38(14-15-43-27)22-18-42-19-22)32(2,3)24(36)8-9-25(37)35(34,7)31(29)40/h21-31,39-41H,8-20H2,1-7H3/t21-,23-,24+,25+,26+,27+,28?,29+,30+,31+,34-,35-,36-,37+/m1/s1. The number of rotatable bonds is 5. The molecule has 8 heteroatoms. The molecule has 3 N–H and O–H groups in total. The number of hydrogen-bond donors (Lipinski definition) is 3. The van der Waals surface area contributed by atoms with E-state index < -0.39 is 23.9 Å². The minimum atomic E-state index is -1.24. The maximum Gasteiger partial charge on any atom is 0.170 e. The first-order valence-corrected chi connectivity index (χ1v) is 18.4. The van der Waals surface area contributed by atoms with Gasteiger partial charge < -0.3 is 34.3 Å². The second-order valence-electron chi connectivity index (χ2n) is 18.8. The summed E-state index contributed by atoms with van der Waals surface area (Å²) in [4.78, 5) is 2.50. The topological polar surface area (TPSA) is 101 Å². The van der Waals surface area contributed by atoms with Crippen LogP contribution in [0, 0.1) is 50.7 Å². The molecule has 45 heavy (non-hydrogen) atoms. The highest BCUT2D eigenvalue weighted by Crippen LogP contribution is 2.89. The van der Waals surface area contributed by atoms with E-state index in [9.17, 15) is 15.3 Å². The molecule has 0 bridgehead atoms. The van der Waals surface area contributed by atoms with Gasteiger partial charge in [0, 0.05) is 12.0 Å². The summed E-state index contributed by atoms with van der Waals surface area (Å²) in [5, 5.41) is 34.1. The fraction of sp³-hybridized carbons (Fsp3) is 1.00. The Bertz CT molecular complexity index is 1170. The van der Waals surface area contributed by atoms with Gasteiger partial charge in [-0.25, -0.2) is 0 Å². The average molecular weight is 632 g/mol. The molecule has 3 aliphatic heterocycles. The lowest BCUT2D eigenvalue weighted by Gasteiger charge is -2.64. The zero-order valence-corrected chi connectivity index (χ0v) is 29.0. The van der Waals surface area contributed by atoms with Crippen molar-refractivity contribution < 1.29 is 34.3 Å². The molecule has 8 aliphatic rings. The van der Waals surface area contributed by atoms with Crippen molar-refractivity contribution in [2.75, 3.05) is 32.9 Å². The lowest BCUT2D eigenvalue weighted by molar-refractivity contribution is -0.256. The highest BCUT2D eigenvalue weighted by atomic mass is 16.7. The minimum absolute atomic E-state index is 0.0147. The molecule has 8 fully saturated rings. The van der Waals surface area contributed by atoms with Crippen LogP contribution >= 0.6 is 0 Å². The molecular weight excluding hydrogens is 570 g/mol. The van der Waals surface area contributed by atoms with Gasteiger partial charge in [-0.2, -0.15) is 0 Å². The van der Waals surface area contributed by atoms with E-state index in [-0.39, 0.29) is 40.7 Å². The van der Waals surface area contributed by atoms with Crippen LogP contribution in [0.1, 0.15) is 99.8 Å². The van der Waals surface area contributed by atoms with Crippen LogP contribution in [0.25, 0.3) is 0 Å². The predicted octanol–water partition coefficient (Wildman–Crippen LogP) is 4.37. The molecule has 0 aromatic carbocycles. The average Bonchev–Trinajstić information content (AvgIpc) is 3.57. The van der Waals surface area contributed by atoms with Gasteiger partial charge in [0.05, 0.1) is 62.4 Å². The van der Waals surface area contributed by atoms with Gasteiger partial charge in [-0.05, 0) is 111 Å².